The van der Waals surface area contributed by atoms with E-state index in [9.17, 15) is 0 Å². The Hall–Kier alpha value is -1.54. The molecule has 2 rings (SSSR count). The van der Waals surface area contributed by atoms with Crippen LogP contribution in [0.3, 0.4) is 0 Å². The van der Waals surface area contributed by atoms with Gasteiger partial charge >= 0.3 is 0 Å². The van der Waals surface area contributed by atoms with Crippen LogP contribution in [0.1, 0.15) is 73.6 Å². The van der Waals surface area contributed by atoms with E-state index in [1.807, 2.05) is 13.0 Å². The van der Waals surface area contributed by atoms with Crippen molar-refractivity contribution in [3.63, 3.8) is 0 Å². The Morgan fingerprint density at radius 2 is 1.65 bits per heavy atom. The Morgan fingerprint density at radius 3 is 2.15 bits per heavy atom. The van der Waals surface area contributed by atoms with Crippen LogP contribution in [0.4, 0.5) is 0 Å². The van der Waals surface area contributed by atoms with E-state index in [0.29, 0.717) is 11.8 Å². The summed E-state index contributed by atoms with van der Waals surface area (Å²) in [5.41, 5.74) is 11.4. The molecule has 0 aliphatic carbocycles. The van der Waals surface area contributed by atoms with E-state index in [-0.39, 0.29) is 6.04 Å². The second kappa shape index (κ2) is 5.84. The Balaban J connectivity index is 2.48. The van der Waals surface area contributed by atoms with Gasteiger partial charge in [-0.05, 0) is 47.1 Å². The van der Waals surface area contributed by atoms with Gasteiger partial charge in [0.2, 0.25) is 0 Å². The second-order valence-corrected chi connectivity index (χ2v) is 6.14. The molecule has 2 N–H and O–H groups in total. The first-order chi connectivity index (χ1) is 9.41. The molecule has 1 atom stereocenters. The van der Waals surface area contributed by atoms with Crippen molar-refractivity contribution < 1.29 is 4.42 Å². The van der Waals surface area contributed by atoms with Crippen LogP contribution >= 0.6 is 0 Å². The highest BCUT2D eigenvalue weighted by atomic mass is 16.3. The summed E-state index contributed by atoms with van der Waals surface area (Å²) in [6, 6.07) is 8.42. The molecule has 0 spiro atoms. The molecule has 0 aliphatic rings. The van der Waals surface area contributed by atoms with Gasteiger partial charge in [-0.3, -0.25) is 0 Å². The summed E-state index contributed by atoms with van der Waals surface area (Å²) < 4.78 is 5.57. The van der Waals surface area contributed by atoms with E-state index in [4.69, 9.17) is 10.2 Å². The highest BCUT2D eigenvalue weighted by molar-refractivity contribution is 5.41. The van der Waals surface area contributed by atoms with Crippen LogP contribution in [-0.4, -0.2) is 0 Å². The van der Waals surface area contributed by atoms with E-state index < -0.39 is 0 Å². The van der Waals surface area contributed by atoms with Gasteiger partial charge in [-0.15, -0.1) is 0 Å². The van der Waals surface area contributed by atoms with Gasteiger partial charge in [0.05, 0.1) is 12.3 Å². The largest absolute Gasteiger partial charge is 0.467 e. The molecule has 1 aromatic carbocycles. The lowest BCUT2D eigenvalue weighted by molar-refractivity contribution is 0.485. The lowest BCUT2D eigenvalue weighted by Crippen LogP contribution is -2.15. The Morgan fingerprint density at radius 1 is 0.950 bits per heavy atom. The molecule has 1 unspecified atom stereocenters. The highest BCUT2D eigenvalue weighted by Crippen LogP contribution is 2.32. The van der Waals surface area contributed by atoms with Crippen molar-refractivity contribution in [2.24, 2.45) is 5.73 Å². The van der Waals surface area contributed by atoms with Crippen molar-refractivity contribution in [1.82, 2.24) is 0 Å². The molecular weight excluding hydrogens is 246 g/mol. The van der Waals surface area contributed by atoms with Crippen LogP contribution in [0.15, 0.2) is 34.9 Å². The Bertz CT molecular complexity index is 581. The maximum atomic E-state index is 6.43. The molecule has 2 nitrogen and oxygen atoms in total. The molecular formula is C18H25NO. The molecule has 0 aliphatic heterocycles. The van der Waals surface area contributed by atoms with Gasteiger partial charge in [0.15, 0.2) is 0 Å². The fourth-order valence-electron chi connectivity index (χ4n) is 2.58. The molecule has 1 heterocycles. The van der Waals surface area contributed by atoms with Gasteiger partial charge in [0.25, 0.3) is 0 Å². The fraction of sp³-hybridized carbons (Fsp3) is 0.444. The van der Waals surface area contributed by atoms with E-state index in [1.165, 1.54) is 16.7 Å². The summed E-state index contributed by atoms with van der Waals surface area (Å²) in [6.45, 7) is 10.9. The average molecular weight is 271 g/mol. The molecule has 1 aromatic heterocycles. The van der Waals surface area contributed by atoms with Crippen LogP contribution < -0.4 is 5.73 Å². The van der Waals surface area contributed by atoms with Crippen LogP contribution in [-0.2, 0) is 0 Å². The minimum atomic E-state index is -0.191. The van der Waals surface area contributed by atoms with Crippen molar-refractivity contribution in [1.29, 1.82) is 0 Å². The van der Waals surface area contributed by atoms with Crippen molar-refractivity contribution in [3.05, 3.63) is 58.5 Å². The SMILES string of the molecule is Cc1ccoc1C(N)c1ccc(C(C)C)cc1C(C)C. The average Bonchev–Trinajstić information content (AvgIpc) is 2.83. The molecule has 2 aromatic rings. The number of nitrogens with two attached hydrogens (primary N) is 1. The predicted molar refractivity (Wildman–Crippen MR) is 84.1 cm³/mol. The molecule has 0 saturated carbocycles. The van der Waals surface area contributed by atoms with Crippen molar-refractivity contribution >= 4 is 0 Å². The molecule has 0 fully saturated rings. The van der Waals surface area contributed by atoms with Crippen LogP contribution in [0.25, 0.3) is 0 Å². The summed E-state index contributed by atoms with van der Waals surface area (Å²) in [6.07, 6.45) is 1.71. The number of rotatable bonds is 4. The monoisotopic (exact) mass is 271 g/mol. The maximum Gasteiger partial charge on any atom is 0.127 e. The second-order valence-electron chi connectivity index (χ2n) is 6.14. The number of aryl methyl sites for hydroxylation is 1. The van der Waals surface area contributed by atoms with E-state index in [2.05, 4.69) is 45.9 Å². The predicted octanol–water partition coefficient (Wildman–Crippen LogP) is 4.88. The maximum absolute atomic E-state index is 6.43. The van der Waals surface area contributed by atoms with Crippen LogP contribution in [0.5, 0.6) is 0 Å². The van der Waals surface area contributed by atoms with Gasteiger partial charge < -0.3 is 10.2 Å². The van der Waals surface area contributed by atoms with Crippen LogP contribution in [0.2, 0.25) is 0 Å². The molecule has 0 saturated heterocycles. The van der Waals surface area contributed by atoms with E-state index in [0.717, 1.165) is 11.3 Å². The van der Waals surface area contributed by atoms with Gasteiger partial charge in [-0.2, -0.15) is 0 Å². The molecule has 0 amide bonds. The van der Waals surface area contributed by atoms with Gasteiger partial charge in [-0.25, -0.2) is 0 Å². The standard InChI is InChI=1S/C18H25NO/c1-11(2)14-6-7-15(16(10-14)12(3)4)17(19)18-13(5)8-9-20-18/h6-12,17H,19H2,1-5H3. The molecule has 2 heteroatoms. The van der Waals surface area contributed by atoms with Crippen LogP contribution in [0, 0.1) is 6.92 Å². The van der Waals surface area contributed by atoms with E-state index >= 15 is 0 Å². The topological polar surface area (TPSA) is 39.2 Å². The number of hydrogen-bond acceptors (Lipinski definition) is 2. The normalized spacial score (nSPS) is 13.2. The summed E-state index contributed by atoms with van der Waals surface area (Å²) in [5, 5.41) is 0. The number of hydrogen-bond donors (Lipinski definition) is 1. The first-order valence-electron chi connectivity index (χ1n) is 7.35. The summed E-state index contributed by atoms with van der Waals surface area (Å²) in [5.74, 6) is 1.84. The zero-order chi connectivity index (χ0) is 14.9. The molecule has 0 bridgehead atoms. The van der Waals surface area contributed by atoms with Gasteiger partial charge in [-0.1, -0.05) is 45.9 Å². The lowest BCUT2D eigenvalue weighted by Gasteiger charge is -2.20. The third-order valence-corrected chi connectivity index (χ3v) is 3.92. The lowest BCUT2D eigenvalue weighted by atomic mass is 9.88. The third kappa shape index (κ3) is 2.80. The minimum Gasteiger partial charge on any atom is -0.467 e. The van der Waals surface area contributed by atoms with Crippen molar-refractivity contribution in [3.8, 4) is 0 Å². The third-order valence-electron chi connectivity index (χ3n) is 3.92. The van der Waals surface area contributed by atoms with Crippen molar-refractivity contribution in [2.75, 3.05) is 0 Å². The molecule has 108 valence electrons. The smallest absolute Gasteiger partial charge is 0.127 e. The molecule has 0 radical (unpaired) electrons. The zero-order valence-corrected chi connectivity index (χ0v) is 13.1. The highest BCUT2D eigenvalue weighted by Gasteiger charge is 2.20. The quantitative estimate of drug-likeness (QED) is 0.860. The van der Waals surface area contributed by atoms with Crippen molar-refractivity contribution in [2.45, 2.75) is 52.5 Å². The zero-order valence-electron chi connectivity index (χ0n) is 13.1. The van der Waals surface area contributed by atoms with Gasteiger partial charge in [0.1, 0.15) is 5.76 Å². The minimum absolute atomic E-state index is 0.191. The summed E-state index contributed by atoms with van der Waals surface area (Å²) in [4.78, 5) is 0. The number of furan rings is 1. The van der Waals surface area contributed by atoms with E-state index in [1.54, 1.807) is 6.26 Å². The Kier molecular flexibility index (Phi) is 4.34. The molecule has 20 heavy (non-hydrogen) atoms. The summed E-state index contributed by atoms with van der Waals surface area (Å²) >= 11 is 0. The first-order valence-corrected chi connectivity index (χ1v) is 7.35. The van der Waals surface area contributed by atoms with Gasteiger partial charge in [0, 0.05) is 0 Å². The number of benzene rings is 1. The summed E-state index contributed by atoms with van der Waals surface area (Å²) in [7, 11) is 0. The fourth-order valence-corrected chi connectivity index (χ4v) is 2.58. The Labute approximate surface area is 122 Å². The first kappa shape index (κ1) is 14.9.